The van der Waals surface area contributed by atoms with Crippen molar-refractivity contribution in [2.45, 2.75) is 71.8 Å². The summed E-state index contributed by atoms with van der Waals surface area (Å²) >= 11 is 0. The van der Waals surface area contributed by atoms with E-state index in [0.717, 1.165) is 12.5 Å². The molecule has 0 radical (unpaired) electrons. The maximum atomic E-state index is 4.54. The van der Waals surface area contributed by atoms with E-state index in [4.69, 9.17) is 0 Å². The van der Waals surface area contributed by atoms with E-state index in [1.54, 1.807) is 0 Å². The summed E-state index contributed by atoms with van der Waals surface area (Å²) in [6.45, 7) is 11.7. The molecule has 1 aliphatic heterocycles. The zero-order valence-electron chi connectivity index (χ0n) is 14.2. The lowest BCUT2D eigenvalue weighted by Gasteiger charge is -2.32. The highest BCUT2D eigenvalue weighted by Gasteiger charge is 2.20. The second-order valence-electron chi connectivity index (χ2n) is 7.02. The predicted molar refractivity (Wildman–Crippen MR) is 89.6 cm³/mol. The second kappa shape index (κ2) is 8.57. The first-order valence-corrected chi connectivity index (χ1v) is 8.93. The average Bonchev–Trinajstić information content (AvgIpc) is 2.93. The van der Waals surface area contributed by atoms with Crippen molar-refractivity contribution in [3.8, 4) is 0 Å². The standard InChI is InChI=1S/C18H33N3/c1-4-5-6-7-10-20-11-8-9-17(13-20)14-21-15-18(12-19-21)16(2)3/h12,15-17H,4-11,13-14H2,1-3H3/t17-/m1/s1. The van der Waals surface area contributed by atoms with Crippen LogP contribution in [0.1, 0.15) is 70.8 Å². The zero-order chi connectivity index (χ0) is 15.1. The molecular weight excluding hydrogens is 258 g/mol. The molecule has 0 unspecified atom stereocenters. The van der Waals surface area contributed by atoms with E-state index in [9.17, 15) is 0 Å². The highest BCUT2D eigenvalue weighted by Crippen LogP contribution is 2.20. The highest BCUT2D eigenvalue weighted by atomic mass is 15.3. The van der Waals surface area contributed by atoms with E-state index in [1.165, 1.54) is 63.7 Å². The van der Waals surface area contributed by atoms with E-state index >= 15 is 0 Å². The van der Waals surface area contributed by atoms with Crippen LogP contribution in [0.25, 0.3) is 0 Å². The fourth-order valence-electron chi connectivity index (χ4n) is 3.31. The van der Waals surface area contributed by atoms with Crippen molar-refractivity contribution in [1.29, 1.82) is 0 Å². The van der Waals surface area contributed by atoms with Gasteiger partial charge in [-0.1, -0.05) is 40.0 Å². The molecule has 3 heteroatoms. The summed E-state index contributed by atoms with van der Waals surface area (Å²) in [6, 6.07) is 0. The van der Waals surface area contributed by atoms with E-state index in [-0.39, 0.29) is 0 Å². The first-order chi connectivity index (χ1) is 10.2. The molecule has 2 rings (SSSR count). The number of likely N-dealkylation sites (tertiary alicyclic amines) is 1. The van der Waals surface area contributed by atoms with Crippen molar-refractivity contribution >= 4 is 0 Å². The van der Waals surface area contributed by atoms with Crippen LogP contribution in [0.3, 0.4) is 0 Å². The van der Waals surface area contributed by atoms with Gasteiger partial charge in [0.2, 0.25) is 0 Å². The lowest BCUT2D eigenvalue weighted by molar-refractivity contribution is 0.157. The number of piperidine rings is 1. The number of hydrogen-bond donors (Lipinski definition) is 0. The summed E-state index contributed by atoms with van der Waals surface area (Å²) in [5.41, 5.74) is 1.36. The van der Waals surface area contributed by atoms with Crippen LogP contribution in [0.5, 0.6) is 0 Å². The Labute approximate surface area is 130 Å². The Bertz CT molecular complexity index is 397. The van der Waals surface area contributed by atoms with Crippen LogP contribution in [0.4, 0.5) is 0 Å². The normalized spacial score (nSPS) is 20.3. The molecular formula is C18H33N3. The van der Waals surface area contributed by atoms with Crippen molar-refractivity contribution in [2.75, 3.05) is 19.6 Å². The van der Waals surface area contributed by atoms with Crippen LogP contribution < -0.4 is 0 Å². The minimum Gasteiger partial charge on any atom is -0.303 e. The molecule has 0 spiro atoms. The van der Waals surface area contributed by atoms with Gasteiger partial charge in [-0.25, -0.2) is 0 Å². The molecule has 120 valence electrons. The van der Waals surface area contributed by atoms with Crippen molar-refractivity contribution in [3.05, 3.63) is 18.0 Å². The Hall–Kier alpha value is -0.830. The molecule has 1 aromatic rings. The van der Waals surface area contributed by atoms with Gasteiger partial charge in [0.15, 0.2) is 0 Å². The van der Waals surface area contributed by atoms with Crippen LogP contribution in [0.2, 0.25) is 0 Å². The average molecular weight is 291 g/mol. The minimum atomic E-state index is 0.583. The molecule has 0 N–H and O–H groups in total. The quantitative estimate of drug-likeness (QED) is 0.666. The fraction of sp³-hybridized carbons (Fsp3) is 0.833. The number of hydrogen-bond acceptors (Lipinski definition) is 2. The topological polar surface area (TPSA) is 21.1 Å². The molecule has 21 heavy (non-hydrogen) atoms. The molecule has 0 aromatic carbocycles. The summed E-state index contributed by atoms with van der Waals surface area (Å²) < 4.78 is 2.17. The van der Waals surface area contributed by atoms with Gasteiger partial charge in [-0.05, 0) is 49.8 Å². The van der Waals surface area contributed by atoms with Gasteiger partial charge in [-0.2, -0.15) is 5.10 Å². The number of aromatic nitrogens is 2. The van der Waals surface area contributed by atoms with Gasteiger partial charge in [0, 0.05) is 19.3 Å². The molecule has 1 fully saturated rings. The smallest absolute Gasteiger partial charge is 0.0524 e. The van der Waals surface area contributed by atoms with E-state index in [1.807, 2.05) is 6.20 Å². The maximum Gasteiger partial charge on any atom is 0.0524 e. The molecule has 3 nitrogen and oxygen atoms in total. The molecule has 1 saturated heterocycles. The van der Waals surface area contributed by atoms with Crippen LogP contribution in [-0.2, 0) is 6.54 Å². The Morgan fingerprint density at radius 3 is 2.86 bits per heavy atom. The van der Waals surface area contributed by atoms with E-state index < -0.39 is 0 Å². The van der Waals surface area contributed by atoms with Crippen molar-refractivity contribution < 1.29 is 0 Å². The van der Waals surface area contributed by atoms with Crippen molar-refractivity contribution in [2.24, 2.45) is 5.92 Å². The zero-order valence-corrected chi connectivity index (χ0v) is 14.2. The minimum absolute atomic E-state index is 0.583. The molecule has 1 aromatic heterocycles. The Morgan fingerprint density at radius 1 is 1.29 bits per heavy atom. The largest absolute Gasteiger partial charge is 0.303 e. The van der Waals surface area contributed by atoms with Gasteiger partial charge in [0.05, 0.1) is 6.20 Å². The van der Waals surface area contributed by atoms with Gasteiger partial charge in [0.1, 0.15) is 0 Å². The molecule has 1 aliphatic rings. The summed E-state index contributed by atoms with van der Waals surface area (Å²) in [6.07, 6.45) is 12.5. The van der Waals surface area contributed by atoms with Crippen molar-refractivity contribution in [1.82, 2.24) is 14.7 Å². The monoisotopic (exact) mass is 291 g/mol. The third kappa shape index (κ3) is 5.46. The highest BCUT2D eigenvalue weighted by molar-refractivity contribution is 5.08. The molecule has 0 bridgehead atoms. The molecule has 2 heterocycles. The summed E-state index contributed by atoms with van der Waals surface area (Å²) in [4.78, 5) is 2.68. The number of rotatable bonds is 8. The van der Waals surface area contributed by atoms with Crippen LogP contribution in [-0.4, -0.2) is 34.3 Å². The van der Waals surface area contributed by atoms with Crippen LogP contribution in [0.15, 0.2) is 12.4 Å². The van der Waals surface area contributed by atoms with Crippen molar-refractivity contribution in [3.63, 3.8) is 0 Å². The van der Waals surface area contributed by atoms with Gasteiger partial charge in [-0.3, -0.25) is 4.68 Å². The first-order valence-electron chi connectivity index (χ1n) is 8.93. The Balaban J connectivity index is 1.75. The third-order valence-corrected chi connectivity index (χ3v) is 4.70. The summed E-state index contributed by atoms with van der Waals surface area (Å²) in [7, 11) is 0. The Kier molecular flexibility index (Phi) is 6.75. The van der Waals surface area contributed by atoms with Crippen LogP contribution in [0, 0.1) is 5.92 Å². The molecule has 0 amide bonds. The molecule has 1 atom stereocenters. The van der Waals surface area contributed by atoms with Gasteiger partial charge in [-0.15, -0.1) is 0 Å². The lowest BCUT2D eigenvalue weighted by Crippen LogP contribution is -2.37. The van der Waals surface area contributed by atoms with E-state index in [2.05, 4.69) is 41.6 Å². The van der Waals surface area contributed by atoms with Crippen LogP contribution >= 0.6 is 0 Å². The summed E-state index contributed by atoms with van der Waals surface area (Å²) in [5.74, 6) is 1.37. The Morgan fingerprint density at radius 2 is 2.14 bits per heavy atom. The second-order valence-corrected chi connectivity index (χ2v) is 7.02. The maximum absolute atomic E-state index is 4.54. The molecule has 0 saturated carbocycles. The third-order valence-electron chi connectivity index (χ3n) is 4.70. The first kappa shape index (κ1) is 16.5. The van der Waals surface area contributed by atoms with E-state index in [0.29, 0.717) is 5.92 Å². The predicted octanol–water partition coefficient (Wildman–Crippen LogP) is 4.30. The molecule has 0 aliphatic carbocycles. The fourth-order valence-corrected chi connectivity index (χ4v) is 3.31. The number of unbranched alkanes of at least 4 members (excludes halogenated alkanes) is 3. The number of nitrogens with zero attached hydrogens (tertiary/aromatic N) is 3. The van der Waals surface area contributed by atoms with Gasteiger partial charge >= 0.3 is 0 Å². The van der Waals surface area contributed by atoms with Gasteiger partial charge in [0.25, 0.3) is 0 Å². The lowest BCUT2D eigenvalue weighted by atomic mass is 9.97. The van der Waals surface area contributed by atoms with Gasteiger partial charge < -0.3 is 4.90 Å². The summed E-state index contributed by atoms with van der Waals surface area (Å²) in [5, 5.41) is 4.54. The SMILES string of the molecule is CCCCCCN1CCC[C@@H](Cn2cc(C(C)C)cn2)C1.